The molecule has 0 spiro atoms. The lowest BCUT2D eigenvalue weighted by molar-refractivity contribution is -0.118. The molecule has 1 aromatic heterocycles. The summed E-state index contributed by atoms with van der Waals surface area (Å²) in [5.41, 5.74) is 8.65. The highest BCUT2D eigenvalue weighted by Crippen LogP contribution is 2.13. The zero-order valence-electron chi connectivity index (χ0n) is 7.72. The van der Waals surface area contributed by atoms with Gasteiger partial charge in [-0.3, -0.25) is 4.79 Å². The third-order valence-corrected chi connectivity index (χ3v) is 2.24. The van der Waals surface area contributed by atoms with Gasteiger partial charge in [0.2, 0.25) is 5.91 Å². The second kappa shape index (κ2) is 3.01. The van der Waals surface area contributed by atoms with Crippen LogP contribution in [0, 0.1) is 20.8 Å². The topological polar surface area (TPSA) is 48.0 Å². The SMILES string of the molecule is Cc1cn(CC(N)=O)c(C)c1C. The molecule has 0 aliphatic rings. The van der Waals surface area contributed by atoms with Crippen LogP contribution in [0.3, 0.4) is 0 Å². The van der Waals surface area contributed by atoms with Crippen molar-refractivity contribution >= 4 is 5.91 Å². The summed E-state index contributed by atoms with van der Waals surface area (Å²) in [6.07, 6.45) is 1.95. The van der Waals surface area contributed by atoms with Gasteiger partial charge in [-0.15, -0.1) is 0 Å². The fourth-order valence-corrected chi connectivity index (χ4v) is 1.26. The van der Waals surface area contributed by atoms with Crippen LogP contribution in [-0.2, 0) is 11.3 Å². The van der Waals surface area contributed by atoms with Crippen molar-refractivity contribution in [3.05, 3.63) is 23.0 Å². The Morgan fingerprint density at radius 1 is 1.50 bits per heavy atom. The Morgan fingerprint density at radius 2 is 2.08 bits per heavy atom. The largest absolute Gasteiger partial charge is 0.368 e. The van der Waals surface area contributed by atoms with Gasteiger partial charge in [-0.2, -0.15) is 0 Å². The van der Waals surface area contributed by atoms with Gasteiger partial charge < -0.3 is 10.3 Å². The van der Waals surface area contributed by atoms with E-state index in [-0.39, 0.29) is 12.5 Å². The molecule has 66 valence electrons. The second-order valence-electron chi connectivity index (χ2n) is 3.12. The van der Waals surface area contributed by atoms with Gasteiger partial charge in [-0.1, -0.05) is 0 Å². The van der Waals surface area contributed by atoms with Crippen molar-refractivity contribution in [2.45, 2.75) is 27.3 Å². The number of nitrogens with two attached hydrogens (primary N) is 1. The number of amides is 1. The van der Waals surface area contributed by atoms with Gasteiger partial charge in [0.15, 0.2) is 0 Å². The number of carbonyl (C=O) groups excluding carboxylic acids is 1. The molecule has 0 aromatic carbocycles. The number of hydrogen-bond donors (Lipinski definition) is 1. The van der Waals surface area contributed by atoms with E-state index in [1.54, 1.807) is 0 Å². The number of rotatable bonds is 2. The third-order valence-electron chi connectivity index (χ3n) is 2.24. The summed E-state index contributed by atoms with van der Waals surface area (Å²) in [4.78, 5) is 10.6. The van der Waals surface area contributed by atoms with Gasteiger partial charge in [0, 0.05) is 11.9 Å². The average Bonchev–Trinajstić information content (AvgIpc) is 2.17. The molecular weight excluding hydrogens is 152 g/mol. The summed E-state index contributed by atoms with van der Waals surface area (Å²) < 4.78 is 1.88. The number of hydrogen-bond acceptors (Lipinski definition) is 1. The van der Waals surface area contributed by atoms with Crippen LogP contribution in [0.4, 0.5) is 0 Å². The first-order valence-electron chi connectivity index (χ1n) is 3.93. The number of aromatic nitrogens is 1. The summed E-state index contributed by atoms with van der Waals surface area (Å²) in [5, 5.41) is 0. The minimum Gasteiger partial charge on any atom is -0.368 e. The van der Waals surface area contributed by atoms with Gasteiger partial charge in [0.05, 0.1) is 0 Å². The smallest absolute Gasteiger partial charge is 0.237 e. The molecule has 1 heterocycles. The van der Waals surface area contributed by atoms with Crippen molar-refractivity contribution in [2.75, 3.05) is 0 Å². The fraction of sp³-hybridized carbons (Fsp3) is 0.444. The fourth-order valence-electron chi connectivity index (χ4n) is 1.26. The zero-order valence-corrected chi connectivity index (χ0v) is 7.72. The lowest BCUT2D eigenvalue weighted by atomic mass is 10.2. The molecule has 12 heavy (non-hydrogen) atoms. The van der Waals surface area contributed by atoms with E-state index in [0.717, 1.165) is 5.69 Å². The van der Waals surface area contributed by atoms with E-state index in [0.29, 0.717) is 0 Å². The first-order chi connectivity index (χ1) is 5.52. The number of primary amides is 1. The molecule has 3 nitrogen and oxygen atoms in total. The lowest BCUT2D eigenvalue weighted by Gasteiger charge is -2.01. The maximum Gasteiger partial charge on any atom is 0.237 e. The quantitative estimate of drug-likeness (QED) is 0.697. The Morgan fingerprint density at radius 3 is 2.42 bits per heavy atom. The van der Waals surface area contributed by atoms with Crippen molar-refractivity contribution in [3.63, 3.8) is 0 Å². The van der Waals surface area contributed by atoms with Crippen molar-refractivity contribution in [1.82, 2.24) is 4.57 Å². The molecule has 0 bridgehead atoms. The van der Waals surface area contributed by atoms with Crippen LogP contribution in [0.2, 0.25) is 0 Å². The molecule has 0 saturated heterocycles. The van der Waals surface area contributed by atoms with Crippen LogP contribution in [0.5, 0.6) is 0 Å². The van der Waals surface area contributed by atoms with E-state index < -0.39 is 0 Å². The van der Waals surface area contributed by atoms with Crippen LogP contribution in [-0.4, -0.2) is 10.5 Å². The minimum atomic E-state index is -0.298. The second-order valence-corrected chi connectivity index (χ2v) is 3.12. The molecule has 0 aliphatic carbocycles. The highest BCUT2D eigenvalue weighted by molar-refractivity contribution is 5.73. The summed E-state index contributed by atoms with van der Waals surface area (Å²) in [7, 11) is 0. The van der Waals surface area contributed by atoms with Crippen LogP contribution >= 0.6 is 0 Å². The Bertz CT molecular complexity index is 313. The van der Waals surface area contributed by atoms with Crippen molar-refractivity contribution in [3.8, 4) is 0 Å². The van der Waals surface area contributed by atoms with Gasteiger partial charge in [-0.25, -0.2) is 0 Å². The molecule has 1 rings (SSSR count). The first-order valence-corrected chi connectivity index (χ1v) is 3.93. The highest BCUT2D eigenvalue weighted by Gasteiger charge is 2.06. The van der Waals surface area contributed by atoms with E-state index >= 15 is 0 Å². The predicted octanol–water partition coefficient (Wildman–Crippen LogP) is 0.899. The van der Waals surface area contributed by atoms with Crippen molar-refractivity contribution < 1.29 is 4.79 Å². The standard InChI is InChI=1S/C9H14N2O/c1-6-4-11(5-9(10)12)8(3)7(6)2/h4H,5H2,1-3H3,(H2,10,12). The molecule has 3 heteroatoms. The Labute approximate surface area is 72.2 Å². The predicted molar refractivity (Wildman–Crippen MR) is 47.8 cm³/mol. The maximum atomic E-state index is 10.6. The van der Waals surface area contributed by atoms with Crippen molar-refractivity contribution in [1.29, 1.82) is 0 Å². The normalized spacial score (nSPS) is 10.2. The molecule has 2 N–H and O–H groups in total. The number of nitrogens with zero attached hydrogens (tertiary/aromatic N) is 1. The Kier molecular flexibility index (Phi) is 2.22. The Hall–Kier alpha value is -1.25. The first kappa shape index (κ1) is 8.84. The summed E-state index contributed by atoms with van der Waals surface area (Å²) in [6, 6.07) is 0. The van der Waals surface area contributed by atoms with Gasteiger partial charge >= 0.3 is 0 Å². The van der Waals surface area contributed by atoms with E-state index in [4.69, 9.17) is 5.73 Å². The van der Waals surface area contributed by atoms with Gasteiger partial charge in [-0.05, 0) is 31.9 Å². The molecule has 1 amide bonds. The van der Waals surface area contributed by atoms with Crippen LogP contribution < -0.4 is 5.73 Å². The van der Waals surface area contributed by atoms with Crippen LogP contribution in [0.25, 0.3) is 0 Å². The average molecular weight is 166 g/mol. The van der Waals surface area contributed by atoms with Crippen LogP contribution in [0.15, 0.2) is 6.20 Å². The molecule has 0 aliphatic heterocycles. The van der Waals surface area contributed by atoms with Gasteiger partial charge in [0.1, 0.15) is 6.54 Å². The van der Waals surface area contributed by atoms with Crippen LogP contribution in [0.1, 0.15) is 16.8 Å². The molecule has 0 radical (unpaired) electrons. The molecular formula is C9H14N2O. The monoisotopic (exact) mass is 166 g/mol. The molecule has 0 fully saturated rings. The Balaban J connectivity index is 3.01. The van der Waals surface area contributed by atoms with Crippen molar-refractivity contribution in [2.24, 2.45) is 5.73 Å². The zero-order chi connectivity index (χ0) is 9.30. The summed E-state index contributed by atoms with van der Waals surface area (Å²) in [6.45, 7) is 6.34. The van der Waals surface area contributed by atoms with E-state index in [1.807, 2.05) is 31.5 Å². The molecule has 0 saturated carbocycles. The molecule has 0 atom stereocenters. The third kappa shape index (κ3) is 1.49. The summed E-state index contributed by atoms with van der Waals surface area (Å²) in [5.74, 6) is -0.298. The number of aryl methyl sites for hydroxylation is 1. The lowest BCUT2D eigenvalue weighted by Crippen LogP contribution is -2.18. The molecule has 0 unspecified atom stereocenters. The molecule has 1 aromatic rings. The highest BCUT2D eigenvalue weighted by atomic mass is 16.1. The summed E-state index contributed by atoms with van der Waals surface area (Å²) >= 11 is 0. The van der Waals surface area contributed by atoms with E-state index in [1.165, 1.54) is 11.1 Å². The maximum absolute atomic E-state index is 10.6. The van der Waals surface area contributed by atoms with E-state index in [2.05, 4.69) is 0 Å². The van der Waals surface area contributed by atoms with Gasteiger partial charge in [0.25, 0.3) is 0 Å². The minimum absolute atomic E-state index is 0.278. The van der Waals surface area contributed by atoms with E-state index in [9.17, 15) is 4.79 Å². The number of carbonyl (C=O) groups is 1.